The molecule has 2 heterocycles. The fourth-order valence-corrected chi connectivity index (χ4v) is 4.44. The highest BCUT2D eigenvalue weighted by Gasteiger charge is 2.25. The minimum Gasteiger partial charge on any atom is -0.371 e. The second-order valence-electron chi connectivity index (χ2n) is 7.54. The summed E-state index contributed by atoms with van der Waals surface area (Å²) in [4.78, 5) is 21.3. The normalized spacial score (nSPS) is 14.8. The smallest absolute Gasteiger partial charge is 0.256 e. The zero-order valence-corrected chi connectivity index (χ0v) is 18.0. The number of nitrogens with zero attached hydrogens (tertiary/aromatic N) is 4. The van der Waals surface area contributed by atoms with Crippen molar-refractivity contribution in [1.29, 1.82) is 0 Å². The van der Waals surface area contributed by atoms with E-state index in [1.807, 2.05) is 12.1 Å². The van der Waals surface area contributed by atoms with Gasteiger partial charge in [0.05, 0.1) is 10.5 Å². The second-order valence-corrected chi connectivity index (χ2v) is 9.69. The third-order valence-electron chi connectivity index (χ3n) is 5.16. The molecule has 1 aliphatic heterocycles. The number of pyridine rings is 1. The first-order valence-electron chi connectivity index (χ1n) is 9.76. The van der Waals surface area contributed by atoms with Crippen molar-refractivity contribution in [2.45, 2.75) is 30.7 Å². The highest BCUT2D eigenvalue weighted by Crippen LogP contribution is 2.29. The van der Waals surface area contributed by atoms with Crippen molar-refractivity contribution in [1.82, 2.24) is 14.2 Å². The van der Waals surface area contributed by atoms with E-state index in [4.69, 9.17) is 0 Å². The fourth-order valence-electron chi connectivity index (χ4n) is 3.51. The summed E-state index contributed by atoms with van der Waals surface area (Å²) in [5, 5.41) is 0. The molecule has 1 aromatic heterocycles. The lowest BCUT2D eigenvalue weighted by Gasteiger charge is -2.31. The Morgan fingerprint density at radius 3 is 2.45 bits per heavy atom. The summed E-state index contributed by atoms with van der Waals surface area (Å²) in [7, 11) is 1.07. The Balaban J connectivity index is 1.99. The van der Waals surface area contributed by atoms with E-state index in [0.717, 1.165) is 41.5 Å². The van der Waals surface area contributed by atoms with Crippen molar-refractivity contribution in [3.8, 4) is 0 Å². The third-order valence-corrected chi connectivity index (χ3v) is 6.97. The molecule has 156 valence electrons. The largest absolute Gasteiger partial charge is 0.371 e. The van der Waals surface area contributed by atoms with Crippen LogP contribution in [0.4, 0.5) is 5.69 Å². The minimum atomic E-state index is -3.63. The third kappa shape index (κ3) is 4.76. The van der Waals surface area contributed by atoms with Crippen molar-refractivity contribution < 1.29 is 13.2 Å². The van der Waals surface area contributed by atoms with Gasteiger partial charge in [-0.1, -0.05) is 6.07 Å². The van der Waals surface area contributed by atoms with Gasteiger partial charge in [-0.3, -0.25) is 9.78 Å². The van der Waals surface area contributed by atoms with E-state index in [0.29, 0.717) is 12.1 Å². The standard InChI is InChI=1S/C21H28N4O3S/c1-23(2)29(27,28)18-9-10-20(25-12-5-4-6-13-25)19(14-18)21(26)24(3)16-17-8-7-11-22-15-17/h7-11,14-15H,4-6,12-13,16H2,1-3H3. The lowest BCUT2D eigenvalue weighted by atomic mass is 10.1. The van der Waals surface area contributed by atoms with E-state index >= 15 is 0 Å². The molecule has 1 aromatic carbocycles. The molecule has 3 rings (SSSR count). The number of carbonyl (C=O) groups is 1. The van der Waals surface area contributed by atoms with Crippen molar-refractivity contribution in [3.63, 3.8) is 0 Å². The topological polar surface area (TPSA) is 73.8 Å². The highest BCUT2D eigenvalue weighted by atomic mass is 32.2. The SMILES string of the molecule is CN(Cc1cccnc1)C(=O)c1cc(S(=O)(=O)N(C)C)ccc1N1CCCCC1. The van der Waals surface area contributed by atoms with E-state index in [-0.39, 0.29) is 10.8 Å². The van der Waals surface area contributed by atoms with Gasteiger partial charge in [0.2, 0.25) is 10.0 Å². The maximum Gasteiger partial charge on any atom is 0.256 e. The highest BCUT2D eigenvalue weighted by molar-refractivity contribution is 7.89. The van der Waals surface area contributed by atoms with Crippen molar-refractivity contribution in [2.24, 2.45) is 0 Å². The molecule has 1 aliphatic rings. The van der Waals surface area contributed by atoms with E-state index in [1.165, 1.54) is 26.6 Å². The average Bonchev–Trinajstić information content (AvgIpc) is 2.74. The van der Waals surface area contributed by atoms with Gasteiger partial charge in [-0.05, 0) is 49.1 Å². The van der Waals surface area contributed by atoms with Crippen molar-refractivity contribution in [3.05, 3.63) is 53.9 Å². The number of aromatic nitrogens is 1. The Kier molecular flexibility index (Phi) is 6.54. The predicted octanol–water partition coefficient (Wildman–Crippen LogP) is 2.59. The van der Waals surface area contributed by atoms with Gasteiger partial charge in [-0.2, -0.15) is 0 Å². The molecule has 2 aromatic rings. The molecule has 0 N–H and O–H groups in total. The summed E-state index contributed by atoms with van der Waals surface area (Å²) in [6.07, 6.45) is 6.72. The first-order valence-corrected chi connectivity index (χ1v) is 11.2. The lowest BCUT2D eigenvalue weighted by Crippen LogP contribution is -2.33. The maximum absolute atomic E-state index is 13.3. The van der Waals surface area contributed by atoms with Crippen LogP contribution in [-0.2, 0) is 16.6 Å². The molecule has 1 fully saturated rings. The quantitative estimate of drug-likeness (QED) is 0.724. The first kappa shape index (κ1) is 21.3. The Hall–Kier alpha value is -2.45. The van der Waals surface area contributed by atoms with Crippen LogP contribution in [0.3, 0.4) is 0 Å². The van der Waals surface area contributed by atoms with Gasteiger partial charge in [0.15, 0.2) is 0 Å². The summed E-state index contributed by atoms with van der Waals surface area (Å²) in [5.74, 6) is -0.203. The second kappa shape index (κ2) is 8.92. The van der Waals surface area contributed by atoms with Gasteiger partial charge in [0.1, 0.15) is 0 Å². The summed E-state index contributed by atoms with van der Waals surface area (Å²) >= 11 is 0. The maximum atomic E-state index is 13.3. The van der Waals surface area contributed by atoms with Crippen LogP contribution in [0.15, 0.2) is 47.6 Å². The van der Waals surface area contributed by atoms with Crippen LogP contribution in [0.5, 0.6) is 0 Å². The molecule has 0 radical (unpaired) electrons. The molecule has 8 heteroatoms. The number of piperidine rings is 1. The lowest BCUT2D eigenvalue weighted by molar-refractivity contribution is 0.0785. The molecule has 0 atom stereocenters. The van der Waals surface area contributed by atoms with E-state index in [9.17, 15) is 13.2 Å². The van der Waals surface area contributed by atoms with Gasteiger partial charge < -0.3 is 9.80 Å². The first-order chi connectivity index (χ1) is 13.8. The van der Waals surface area contributed by atoms with E-state index in [1.54, 1.807) is 36.5 Å². The van der Waals surface area contributed by atoms with Crippen LogP contribution < -0.4 is 4.90 Å². The Bertz CT molecular complexity index is 955. The molecular formula is C21H28N4O3S. The molecule has 0 spiro atoms. The van der Waals surface area contributed by atoms with Gasteiger partial charge in [0.25, 0.3) is 5.91 Å². The van der Waals surface area contributed by atoms with Gasteiger partial charge in [-0.15, -0.1) is 0 Å². The summed E-state index contributed by atoms with van der Waals surface area (Å²) in [6, 6.07) is 8.62. The molecule has 1 saturated heterocycles. The number of amides is 1. The molecule has 0 saturated carbocycles. The average molecular weight is 417 g/mol. The molecular weight excluding hydrogens is 388 g/mol. The minimum absolute atomic E-state index is 0.126. The summed E-state index contributed by atoms with van der Waals surface area (Å²) in [5.41, 5.74) is 2.13. The number of rotatable bonds is 6. The molecule has 0 bridgehead atoms. The Labute approximate surface area is 173 Å². The van der Waals surface area contributed by atoms with Gasteiger partial charge in [-0.25, -0.2) is 12.7 Å². The zero-order valence-electron chi connectivity index (χ0n) is 17.2. The number of hydrogen-bond acceptors (Lipinski definition) is 5. The number of carbonyl (C=O) groups excluding carboxylic acids is 1. The molecule has 0 unspecified atom stereocenters. The van der Waals surface area contributed by atoms with Crippen molar-refractivity contribution in [2.75, 3.05) is 39.1 Å². The number of benzene rings is 1. The number of anilines is 1. The van der Waals surface area contributed by atoms with Crippen LogP contribution in [0.1, 0.15) is 35.2 Å². The van der Waals surface area contributed by atoms with E-state index < -0.39 is 10.0 Å². The summed E-state index contributed by atoms with van der Waals surface area (Å²) < 4.78 is 26.4. The fraction of sp³-hybridized carbons (Fsp3) is 0.429. The van der Waals surface area contributed by atoms with Crippen LogP contribution in [0, 0.1) is 0 Å². The monoisotopic (exact) mass is 416 g/mol. The molecule has 29 heavy (non-hydrogen) atoms. The van der Waals surface area contributed by atoms with Crippen LogP contribution >= 0.6 is 0 Å². The number of sulfonamides is 1. The van der Waals surface area contributed by atoms with Crippen LogP contribution in [-0.4, -0.2) is 62.7 Å². The Morgan fingerprint density at radius 1 is 1.10 bits per heavy atom. The molecule has 7 nitrogen and oxygen atoms in total. The van der Waals surface area contributed by atoms with Crippen LogP contribution in [0.2, 0.25) is 0 Å². The summed E-state index contributed by atoms with van der Waals surface area (Å²) in [6.45, 7) is 2.13. The Morgan fingerprint density at radius 2 is 1.83 bits per heavy atom. The molecule has 0 aliphatic carbocycles. The molecule has 1 amide bonds. The van der Waals surface area contributed by atoms with Gasteiger partial charge >= 0.3 is 0 Å². The van der Waals surface area contributed by atoms with Crippen LogP contribution in [0.25, 0.3) is 0 Å². The van der Waals surface area contributed by atoms with Crippen molar-refractivity contribution >= 4 is 21.6 Å². The van der Waals surface area contributed by atoms with E-state index in [2.05, 4.69) is 9.88 Å². The van der Waals surface area contributed by atoms with Gasteiger partial charge in [0, 0.05) is 58.9 Å². The number of hydrogen-bond donors (Lipinski definition) is 0. The predicted molar refractivity (Wildman–Crippen MR) is 113 cm³/mol. The zero-order chi connectivity index (χ0) is 21.0.